The average Bonchev–Trinajstić information content (AvgIpc) is 2.59. The Morgan fingerprint density at radius 2 is 1.83 bits per heavy atom. The number of rotatable bonds is 7. The summed E-state index contributed by atoms with van der Waals surface area (Å²) >= 11 is 0. The van der Waals surface area contributed by atoms with E-state index in [1.807, 2.05) is 38.1 Å². The number of aliphatic hydroxyl groups is 1. The third-order valence-corrected chi connectivity index (χ3v) is 4.48. The molecule has 1 heterocycles. The number of β-amino-alcohol motifs (C(OH)–C–C–N with tert-alkyl or cyclic N) is 1. The Morgan fingerprint density at radius 1 is 1.21 bits per heavy atom. The van der Waals surface area contributed by atoms with Gasteiger partial charge in [-0.25, -0.2) is 0 Å². The van der Waals surface area contributed by atoms with Crippen molar-refractivity contribution in [3.05, 3.63) is 29.8 Å². The third kappa shape index (κ3) is 5.47. The van der Waals surface area contributed by atoms with Gasteiger partial charge < -0.3 is 15.2 Å². The third-order valence-electron chi connectivity index (χ3n) is 4.48. The fraction of sp³-hybridized carbons (Fsp3) is 0.611. The van der Waals surface area contributed by atoms with Crippen molar-refractivity contribution in [1.82, 2.24) is 15.1 Å². The van der Waals surface area contributed by atoms with Crippen LogP contribution in [-0.2, 0) is 11.3 Å². The molecule has 0 spiro atoms. The molecule has 1 aromatic rings. The van der Waals surface area contributed by atoms with Gasteiger partial charge in [-0.05, 0) is 31.5 Å². The summed E-state index contributed by atoms with van der Waals surface area (Å²) in [7, 11) is 1.64. The number of nitrogens with zero attached hydrogens (tertiary/aromatic N) is 2. The maximum absolute atomic E-state index is 12.4. The molecule has 2 atom stereocenters. The van der Waals surface area contributed by atoms with Crippen molar-refractivity contribution in [3.8, 4) is 5.75 Å². The van der Waals surface area contributed by atoms with Gasteiger partial charge in [0, 0.05) is 39.3 Å². The lowest BCUT2D eigenvalue weighted by Crippen LogP contribution is -2.54. The summed E-state index contributed by atoms with van der Waals surface area (Å²) in [4.78, 5) is 16.8. The normalized spacial score (nSPS) is 18.8. The molecule has 6 nitrogen and oxygen atoms in total. The Hall–Kier alpha value is -1.63. The second kappa shape index (κ2) is 9.01. The zero-order valence-electron chi connectivity index (χ0n) is 14.9. The number of nitrogens with one attached hydrogen (secondary N) is 1. The van der Waals surface area contributed by atoms with Gasteiger partial charge in [-0.2, -0.15) is 0 Å². The smallest absolute Gasteiger partial charge is 0.237 e. The number of aliphatic hydroxyl groups excluding tert-OH is 1. The molecule has 2 N–H and O–H groups in total. The fourth-order valence-corrected chi connectivity index (χ4v) is 2.95. The molecule has 134 valence electrons. The monoisotopic (exact) mass is 335 g/mol. The summed E-state index contributed by atoms with van der Waals surface area (Å²) < 4.78 is 5.13. The van der Waals surface area contributed by atoms with Gasteiger partial charge in [0.05, 0.1) is 19.3 Å². The molecule has 24 heavy (non-hydrogen) atoms. The van der Waals surface area contributed by atoms with E-state index in [2.05, 4.69) is 15.1 Å². The summed E-state index contributed by atoms with van der Waals surface area (Å²) in [5.74, 6) is 0.864. The molecule has 0 aromatic heterocycles. The number of benzene rings is 1. The van der Waals surface area contributed by atoms with Crippen LogP contribution in [0.1, 0.15) is 19.4 Å². The van der Waals surface area contributed by atoms with Crippen molar-refractivity contribution in [1.29, 1.82) is 0 Å². The highest BCUT2D eigenvalue weighted by Crippen LogP contribution is 2.11. The molecule has 0 radical (unpaired) electrons. The second-order valence-electron chi connectivity index (χ2n) is 6.43. The standard InChI is InChI=1S/C18H29N3O3/c1-14(22)13-20-8-10-21(11-9-20)15(2)18(23)19-12-16-4-6-17(24-3)7-5-16/h4-7,14-15,22H,8-13H2,1-3H3,(H,19,23)/t14-,15-/m1/s1. The summed E-state index contributed by atoms with van der Waals surface area (Å²) in [6.07, 6.45) is -0.304. The lowest BCUT2D eigenvalue weighted by molar-refractivity contribution is -0.126. The first-order valence-electron chi connectivity index (χ1n) is 8.54. The summed E-state index contributed by atoms with van der Waals surface area (Å²) in [6, 6.07) is 7.56. The number of ether oxygens (including phenoxy) is 1. The summed E-state index contributed by atoms with van der Waals surface area (Å²) in [6.45, 7) is 8.46. The number of hydrogen-bond acceptors (Lipinski definition) is 5. The molecule has 6 heteroatoms. The van der Waals surface area contributed by atoms with Crippen LogP contribution >= 0.6 is 0 Å². The van der Waals surface area contributed by atoms with E-state index in [1.54, 1.807) is 7.11 Å². The van der Waals surface area contributed by atoms with E-state index in [0.717, 1.165) is 37.5 Å². The lowest BCUT2D eigenvalue weighted by atomic mass is 10.2. The number of carbonyl (C=O) groups excluding carboxylic acids is 1. The fourth-order valence-electron chi connectivity index (χ4n) is 2.95. The Morgan fingerprint density at radius 3 is 2.38 bits per heavy atom. The summed E-state index contributed by atoms with van der Waals surface area (Å²) in [5.41, 5.74) is 1.05. The van der Waals surface area contributed by atoms with Crippen LogP contribution in [0.4, 0.5) is 0 Å². The lowest BCUT2D eigenvalue weighted by Gasteiger charge is -2.37. The van der Waals surface area contributed by atoms with Crippen LogP contribution in [0, 0.1) is 0 Å². The number of hydrogen-bond donors (Lipinski definition) is 2. The van der Waals surface area contributed by atoms with Crippen molar-refractivity contribution >= 4 is 5.91 Å². The van der Waals surface area contributed by atoms with Gasteiger partial charge in [0.1, 0.15) is 5.75 Å². The van der Waals surface area contributed by atoms with Crippen LogP contribution in [0.3, 0.4) is 0 Å². The van der Waals surface area contributed by atoms with Gasteiger partial charge >= 0.3 is 0 Å². The molecule has 0 bridgehead atoms. The zero-order chi connectivity index (χ0) is 17.5. The van der Waals surface area contributed by atoms with Gasteiger partial charge in [-0.3, -0.25) is 14.6 Å². The second-order valence-corrected chi connectivity index (χ2v) is 6.43. The van der Waals surface area contributed by atoms with E-state index in [1.165, 1.54) is 0 Å². The Kier molecular flexibility index (Phi) is 7.02. The highest BCUT2D eigenvalue weighted by atomic mass is 16.5. The largest absolute Gasteiger partial charge is 0.497 e. The minimum absolute atomic E-state index is 0.0507. The first-order valence-corrected chi connectivity index (χ1v) is 8.54. The molecule has 1 aliphatic rings. The SMILES string of the molecule is COc1ccc(CNC(=O)[C@@H](C)N2CCN(C[C@@H](C)O)CC2)cc1. The molecule has 1 fully saturated rings. The first-order chi connectivity index (χ1) is 11.5. The number of methoxy groups -OCH3 is 1. The zero-order valence-corrected chi connectivity index (χ0v) is 14.9. The Labute approximate surface area is 144 Å². The number of carbonyl (C=O) groups is 1. The maximum atomic E-state index is 12.4. The molecule has 0 unspecified atom stereocenters. The highest BCUT2D eigenvalue weighted by Gasteiger charge is 2.25. The topological polar surface area (TPSA) is 65.0 Å². The molecule has 2 rings (SSSR count). The van der Waals surface area contributed by atoms with Crippen molar-refractivity contribution in [3.63, 3.8) is 0 Å². The van der Waals surface area contributed by atoms with Gasteiger partial charge in [0.2, 0.25) is 5.91 Å². The minimum Gasteiger partial charge on any atom is -0.497 e. The van der Waals surface area contributed by atoms with E-state index in [0.29, 0.717) is 13.1 Å². The van der Waals surface area contributed by atoms with Crippen molar-refractivity contribution in [2.75, 3.05) is 39.8 Å². The summed E-state index contributed by atoms with van der Waals surface area (Å²) in [5, 5.41) is 12.5. The van der Waals surface area contributed by atoms with E-state index in [4.69, 9.17) is 4.74 Å². The van der Waals surface area contributed by atoms with Gasteiger partial charge in [-0.15, -0.1) is 0 Å². The molecule has 1 aromatic carbocycles. The van der Waals surface area contributed by atoms with Gasteiger partial charge in [0.15, 0.2) is 0 Å². The van der Waals surface area contributed by atoms with Crippen molar-refractivity contribution < 1.29 is 14.6 Å². The van der Waals surface area contributed by atoms with Crippen LogP contribution in [0.2, 0.25) is 0 Å². The van der Waals surface area contributed by atoms with Crippen LogP contribution < -0.4 is 10.1 Å². The van der Waals surface area contributed by atoms with Crippen LogP contribution in [0.5, 0.6) is 5.75 Å². The maximum Gasteiger partial charge on any atom is 0.237 e. The minimum atomic E-state index is -0.304. The predicted octanol–water partition coefficient (Wildman–Crippen LogP) is 0.698. The van der Waals surface area contributed by atoms with Crippen molar-refractivity contribution in [2.45, 2.75) is 32.5 Å². The van der Waals surface area contributed by atoms with Crippen molar-refractivity contribution in [2.24, 2.45) is 0 Å². The Bertz CT molecular complexity index is 511. The molecule has 1 aliphatic heterocycles. The predicted molar refractivity (Wildman–Crippen MR) is 94.0 cm³/mol. The first kappa shape index (κ1) is 18.7. The molecule has 0 aliphatic carbocycles. The molecule has 1 amide bonds. The Balaban J connectivity index is 1.75. The number of piperazine rings is 1. The average molecular weight is 335 g/mol. The van der Waals surface area contributed by atoms with E-state index in [9.17, 15) is 9.90 Å². The van der Waals surface area contributed by atoms with Crippen LogP contribution in [-0.4, -0.2) is 72.8 Å². The molecule has 0 saturated carbocycles. The van der Waals surface area contributed by atoms with E-state index >= 15 is 0 Å². The molecular weight excluding hydrogens is 306 g/mol. The number of amides is 1. The highest BCUT2D eigenvalue weighted by molar-refractivity contribution is 5.81. The van der Waals surface area contributed by atoms with E-state index in [-0.39, 0.29) is 18.1 Å². The molecular formula is C18H29N3O3. The van der Waals surface area contributed by atoms with Crippen LogP contribution in [0.25, 0.3) is 0 Å². The quantitative estimate of drug-likeness (QED) is 0.768. The van der Waals surface area contributed by atoms with Gasteiger partial charge in [0.25, 0.3) is 0 Å². The van der Waals surface area contributed by atoms with Crippen LogP contribution in [0.15, 0.2) is 24.3 Å². The molecule has 1 saturated heterocycles. The van der Waals surface area contributed by atoms with Gasteiger partial charge in [-0.1, -0.05) is 12.1 Å². The van der Waals surface area contributed by atoms with E-state index < -0.39 is 0 Å².